The molecular weight excluding hydrogens is 249 g/mol. The van der Waals surface area contributed by atoms with Gasteiger partial charge >= 0.3 is 0 Å². The summed E-state index contributed by atoms with van der Waals surface area (Å²) in [5.41, 5.74) is 1.30. The molecule has 0 radical (unpaired) electrons. The lowest BCUT2D eigenvalue weighted by Gasteiger charge is -2.07. The molecule has 102 valence electrons. The Balaban J connectivity index is 2.16. The molecule has 0 saturated carbocycles. The van der Waals surface area contributed by atoms with Crippen molar-refractivity contribution in [1.29, 1.82) is 0 Å². The van der Waals surface area contributed by atoms with Crippen LogP contribution in [0.15, 0.2) is 18.2 Å². The molecule has 0 spiro atoms. The lowest BCUT2D eigenvalue weighted by Crippen LogP contribution is -2.21. The van der Waals surface area contributed by atoms with Gasteiger partial charge in [-0.25, -0.2) is 4.39 Å². The minimum Gasteiger partial charge on any atom is -0.383 e. The van der Waals surface area contributed by atoms with Gasteiger partial charge in [0.2, 0.25) is 0 Å². The molecule has 19 heavy (non-hydrogen) atoms. The van der Waals surface area contributed by atoms with Gasteiger partial charge in [0.05, 0.1) is 13.2 Å². The monoisotopic (exact) mass is 265 g/mol. The molecule has 0 aliphatic heterocycles. The van der Waals surface area contributed by atoms with Crippen LogP contribution in [0.3, 0.4) is 0 Å². The van der Waals surface area contributed by atoms with Crippen LogP contribution in [0.5, 0.6) is 0 Å². The van der Waals surface area contributed by atoms with E-state index in [9.17, 15) is 4.39 Å². The molecule has 2 aromatic rings. The van der Waals surface area contributed by atoms with Crippen molar-refractivity contribution in [3.05, 3.63) is 35.4 Å². The van der Waals surface area contributed by atoms with Crippen molar-refractivity contribution < 1.29 is 9.13 Å². The fourth-order valence-electron chi connectivity index (χ4n) is 1.66. The highest BCUT2D eigenvalue weighted by Gasteiger charge is 2.12. The third-order valence-electron chi connectivity index (χ3n) is 2.63. The standard InChI is InChI=1S/C12H16FN5O/c1-9-3-4-10(13)11(7-9)18-12(15-16-17-18)8-14-5-6-19-2/h3-4,7,14H,5-6,8H2,1-2H3. The summed E-state index contributed by atoms with van der Waals surface area (Å²) >= 11 is 0. The highest BCUT2D eigenvalue weighted by molar-refractivity contribution is 5.36. The molecule has 1 N–H and O–H groups in total. The van der Waals surface area contributed by atoms with E-state index < -0.39 is 0 Å². The van der Waals surface area contributed by atoms with Crippen molar-refractivity contribution in [1.82, 2.24) is 25.5 Å². The second kappa shape index (κ2) is 6.35. The predicted octanol–water partition coefficient (Wildman–Crippen LogP) is 0.846. The maximum absolute atomic E-state index is 13.8. The summed E-state index contributed by atoms with van der Waals surface area (Å²) in [7, 11) is 1.63. The third-order valence-corrected chi connectivity index (χ3v) is 2.63. The summed E-state index contributed by atoms with van der Waals surface area (Å²) in [6, 6.07) is 4.83. The average Bonchev–Trinajstić information content (AvgIpc) is 2.86. The molecule has 1 heterocycles. The minimum atomic E-state index is -0.351. The summed E-state index contributed by atoms with van der Waals surface area (Å²) in [4.78, 5) is 0. The smallest absolute Gasteiger partial charge is 0.170 e. The largest absolute Gasteiger partial charge is 0.383 e. The molecule has 0 unspecified atom stereocenters. The van der Waals surface area contributed by atoms with Gasteiger partial charge in [-0.2, -0.15) is 4.68 Å². The Kier molecular flexibility index (Phi) is 4.53. The fourth-order valence-corrected chi connectivity index (χ4v) is 1.66. The van der Waals surface area contributed by atoms with Crippen molar-refractivity contribution in [3.63, 3.8) is 0 Å². The molecule has 2 rings (SSSR count). The number of methoxy groups -OCH3 is 1. The third kappa shape index (κ3) is 3.33. The molecule has 1 aromatic carbocycles. The van der Waals surface area contributed by atoms with Gasteiger partial charge in [-0.3, -0.25) is 0 Å². The summed E-state index contributed by atoms with van der Waals surface area (Å²) < 4.78 is 20.1. The van der Waals surface area contributed by atoms with Crippen LogP contribution in [0.4, 0.5) is 4.39 Å². The molecule has 0 fully saturated rings. The number of aryl methyl sites for hydroxylation is 1. The SMILES string of the molecule is COCCNCc1nnnn1-c1cc(C)ccc1F. The summed E-state index contributed by atoms with van der Waals surface area (Å²) in [5.74, 6) is 0.205. The van der Waals surface area contributed by atoms with Crippen LogP contribution in [-0.4, -0.2) is 40.5 Å². The maximum Gasteiger partial charge on any atom is 0.170 e. The van der Waals surface area contributed by atoms with Crippen molar-refractivity contribution in [2.45, 2.75) is 13.5 Å². The van der Waals surface area contributed by atoms with E-state index in [1.807, 2.05) is 6.92 Å². The number of nitrogens with one attached hydrogen (secondary N) is 1. The lowest BCUT2D eigenvalue weighted by atomic mass is 10.2. The summed E-state index contributed by atoms with van der Waals surface area (Å²) in [6.07, 6.45) is 0. The molecule has 7 heteroatoms. The van der Waals surface area contributed by atoms with Crippen LogP contribution in [0, 0.1) is 12.7 Å². The van der Waals surface area contributed by atoms with Gasteiger partial charge in [-0.15, -0.1) is 5.10 Å². The van der Waals surface area contributed by atoms with E-state index >= 15 is 0 Å². The second-order valence-corrected chi connectivity index (χ2v) is 4.13. The second-order valence-electron chi connectivity index (χ2n) is 4.13. The van der Waals surface area contributed by atoms with Gasteiger partial charge in [0.15, 0.2) is 5.82 Å². The Morgan fingerprint density at radius 3 is 3.05 bits per heavy atom. The lowest BCUT2D eigenvalue weighted by molar-refractivity contribution is 0.199. The molecule has 0 aliphatic carbocycles. The van der Waals surface area contributed by atoms with Crippen molar-refractivity contribution >= 4 is 0 Å². The van der Waals surface area contributed by atoms with Gasteiger partial charge < -0.3 is 10.1 Å². The van der Waals surface area contributed by atoms with Gasteiger partial charge in [-0.1, -0.05) is 6.07 Å². The van der Waals surface area contributed by atoms with E-state index in [1.165, 1.54) is 10.7 Å². The number of tetrazole rings is 1. The Bertz CT molecular complexity index is 543. The van der Waals surface area contributed by atoms with Crippen LogP contribution in [0.25, 0.3) is 5.69 Å². The van der Waals surface area contributed by atoms with E-state index in [1.54, 1.807) is 19.2 Å². The Labute approximate surface area is 110 Å². The van der Waals surface area contributed by atoms with Gasteiger partial charge in [0, 0.05) is 13.7 Å². The number of rotatable bonds is 6. The van der Waals surface area contributed by atoms with Crippen LogP contribution < -0.4 is 5.32 Å². The first kappa shape index (κ1) is 13.6. The molecule has 0 saturated heterocycles. The van der Waals surface area contributed by atoms with Gasteiger partial charge in [0.1, 0.15) is 11.5 Å². The van der Waals surface area contributed by atoms with E-state index in [-0.39, 0.29) is 5.82 Å². The minimum absolute atomic E-state index is 0.351. The van der Waals surface area contributed by atoms with E-state index in [4.69, 9.17) is 4.74 Å². The van der Waals surface area contributed by atoms with Crippen LogP contribution in [0.2, 0.25) is 0 Å². The number of halogens is 1. The van der Waals surface area contributed by atoms with Crippen molar-refractivity contribution in [2.24, 2.45) is 0 Å². The first-order chi connectivity index (χ1) is 9.22. The van der Waals surface area contributed by atoms with Crippen molar-refractivity contribution in [3.8, 4) is 5.69 Å². The molecule has 1 aromatic heterocycles. The predicted molar refractivity (Wildman–Crippen MR) is 67.4 cm³/mol. The molecule has 0 aliphatic rings. The zero-order valence-electron chi connectivity index (χ0n) is 10.9. The number of ether oxygens (including phenoxy) is 1. The Morgan fingerprint density at radius 2 is 2.26 bits per heavy atom. The quantitative estimate of drug-likeness (QED) is 0.784. The van der Waals surface area contributed by atoms with Gasteiger partial charge in [-0.05, 0) is 35.0 Å². The van der Waals surface area contributed by atoms with E-state index in [0.717, 1.165) is 5.56 Å². The van der Waals surface area contributed by atoms with Crippen LogP contribution in [-0.2, 0) is 11.3 Å². The first-order valence-electron chi connectivity index (χ1n) is 5.96. The highest BCUT2D eigenvalue weighted by Crippen LogP contribution is 2.15. The zero-order valence-corrected chi connectivity index (χ0v) is 10.9. The van der Waals surface area contributed by atoms with E-state index in [2.05, 4.69) is 20.8 Å². The van der Waals surface area contributed by atoms with Crippen molar-refractivity contribution in [2.75, 3.05) is 20.3 Å². The first-order valence-corrected chi connectivity index (χ1v) is 5.96. The van der Waals surface area contributed by atoms with Gasteiger partial charge in [0.25, 0.3) is 0 Å². The highest BCUT2D eigenvalue weighted by atomic mass is 19.1. The number of hydrogen-bond acceptors (Lipinski definition) is 5. The normalized spacial score (nSPS) is 10.9. The Morgan fingerprint density at radius 1 is 1.42 bits per heavy atom. The summed E-state index contributed by atoms with van der Waals surface area (Å²) in [5, 5.41) is 14.4. The molecular formula is C12H16FN5O. The number of nitrogens with zero attached hydrogens (tertiary/aromatic N) is 4. The molecule has 0 bridgehead atoms. The number of benzene rings is 1. The number of hydrogen-bond donors (Lipinski definition) is 1. The molecule has 0 amide bonds. The van der Waals surface area contributed by atoms with Crippen LogP contribution >= 0.6 is 0 Å². The number of aromatic nitrogens is 4. The topological polar surface area (TPSA) is 64.9 Å². The van der Waals surface area contributed by atoms with Crippen LogP contribution in [0.1, 0.15) is 11.4 Å². The summed E-state index contributed by atoms with van der Waals surface area (Å²) in [6.45, 7) is 3.62. The molecule has 0 atom stereocenters. The zero-order chi connectivity index (χ0) is 13.7. The fraction of sp³-hybridized carbons (Fsp3) is 0.417. The van der Waals surface area contributed by atoms with E-state index in [0.29, 0.717) is 31.2 Å². The maximum atomic E-state index is 13.8. The Hall–Kier alpha value is -1.86. The molecule has 6 nitrogen and oxygen atoms in total. The average molecular weight is 265 g/mol.